The SMILES string of the molecule is C=C/C(=N\C(=C/C)n1c2c(c3cc(C#N)ccc31)CCC=C2)n1c2ccccc2c2cc(C#N)ccc21. The number of nitrogens with zero attached hydrogens (tertiary/aromatic N) is 5. The third kappa shape index (κ3) is 3.41. The summed E-state index contributed by atoms with van der Waals surface area (Å²) in [6, 6.07) is 24.3. The molecule has 176 valence electrons. The van der Waals surface area contributed by atoms with E-state index in [9.17, 15) is 10.5 Å². The largest absolute Gasteiger partial charge is 0.294 e. The van der Waals surface area contributed by atoms with Crippen molar-refractivity contribution >= 4 is 50.4 Å². The lowest BCUT2D eigenvalue weighted by Crippen LogP contribution is -2.11. The Labute approximate surface area is 214 Å². The normalized spacial score (nSPS) is 13.6. The van der Waals surface area contributed by atoms with Crippen LogP contribution < -0.4 is 0 Å². The predicted molar refractivity (Wildman–Crippen MR) is 151 cm³/mol. The molecule has 0 saturated carbocycles. The van der Waals surface area contributed by atoms with Crippen LogP contribution in [0, 0.1) is 22.7 Å². The minimum absolute atomic E-state index is 0.621. The van der Waals surface area contributed by atoms with E-state index in [1.807, 2.05) is 61.5 Å². The molecule has 0 amide bonds. The lowest BCUT2D eigenvalue weighted by molar-refractivity contribution is 0.967. The molecule has 37 heavy (non-hydrogen) atoms. The van der Waals surface area contributed by atoms with E-state index in [0.717, 1.165) is 57.1 Å². The molecule has 1 aliphatic rings. The number of aliphatic imine (C=N–C) groups is 1. The van der Waals surface area contributed by atoms with Crippen LogP contribution in [0.2, 0.25) is 0 Å². The first-order valence-electron chi connectivity index (χ1n) is 12.2. The van der Waals surface area contributed by atoms with E-state index in [4.69, 9.17) is 4.99 Å². The maximum absolute atomic E-state index is 9.49. The Bertz CT molecular complexity index is 1930. The van der Waals surface area contributed by atoms with Gasteiger partial charge in [0.15, 0.2) is 0 Å². The molecule has 5 aromatic rings. The van der Waals surface area contributed by atoms with Crippen LogP contribution in [0.4, 0.5) is 0 Å². The highest BCUT2D eigenvalue weighted by Gasteiger charge is 2.21. The second-order valence-corrected chi connectivity index (χ2v) is 9.00. The van der Waals surface area contributed by atoms with Crippen molar-refractivity contribution in [3.63, 3.8) is 0 Å². The molecule has 0 saturated heterocycles. The van der Waals surface area contributed by atoms with Crippen molar-refractivity contribution < 1.29 is 0 Å². The van der Waals surface area contributed by atoms with E-state index < -0.39 is 0 Å². The average Bonchev–Trinajstić information content (AvgIpc) is 3.46. The summed E-state index contributed by atoms with van der Waals surface area (Å²) in [6.07, 6.45) is 10.0. The minimum atomic E-state index is 0.621. The molecule has 0 aliphatic heterocycles. The van der Waals surface area contributed by atoms with E-state index in [-0.39, 0.29) is 0 Å². The predicted octanol–water partition coefficient (Wildman–Crippen LogP) is 7.40. The van der Waals surface area contributed by atoms with Gasteiger partial charge in [-0.25, -0.2) is 4.99 Å². The zero-order valence-electron chi connectivity index (χ0n) is 20.4. The van der Waals surface area contributed by atoms with Gasteiger partial charge in [0.25, 0.3) is 0 Å². The second-order valence-electron chi connectivity index (χ2n) is 9.00. The topological polar surface area (TPSA) is 69.8 Å². The minimum Gasteiger partial charge on any atom is -0.294 e. The monoisotopic (exact) mass is 477 g/mol. The van der Waals surface area contributed by atoms with Crippen LogP contribution in [0.1, 0.15) is 35.7 Å². The summed E-state index contributed by atoms with van der Waals surface area (Å²) in [5.74, 6) is 1.46. The van der Waals surface area contributed by atoms with Gasteiger partial charge >= 0.3 is 0 Å². The quantitative estimate of drug-likeness (QED) is 0.201. The van der Waals surface area contributed by atoms with Crippen molar-refractivity contribution in [2.75, 3.05) is 0 Å². The lowest BCUT2D eigenvalue weighted by atomic mass is 10.00. The Morgan fingerprint density at radius 2 is 1.57 bits per heavy atom. The van der Waals surface area contributed by atoms with Crippen LogP contribution in [0.3, 0.4) is 0 Å². The number of hydrogen-bond acceptors (Lipinski definition) is 3. The highest BCUT2D eigenvalue weighted by Crippen LogP contribution is 2.35. The summed E-state index contributed by atoms with van der Waals surface area (Å²) in [7, 11) is 0. The summed E-state index contributed by atoms with van der Waals surface area (Å²) in [4.78, 5) is 5.16. The summed E-state index contributed by atoms with van der Waals surface area (Å²) >= 11 is 0. The third-order valence-corrected chi connectivity index (χ3v) is 7.01. The molecular weight excluding hydrogens is 454 g/mol. The molecule has 5 nitrogen and oxygen atoms in total. The number of aryl methyl sites for hydroxylation is 1. The van der Waals surface area contributed by atoms with Gasteiger partial charge < -0.3 is 0 Å². The Kier molecular flexibility index (Phi) is 5.33. The van der Waals surface area contributed by atoms with Crippen molar-refractivity contribution in [3.05, 3.63) is 108 Å². The third-order valence-electron chi connectivity index (χ3n) is 7.01. The van der Waals surface area contributed by atoms with Crippen LogP contribution in [0.5, 0.6) is 0 Å². The number of fused-ring (bicyclic) bond motifs is 6. The number of benzene rings is 3. The zero-order valence-corrected chi connectivity index (χ0v) is 20.4. The molecule has 0 spiro atoms. The Morgan fingerprint density at radius 3 is 2.27 bits per heavy atom. The number of para-hydroxylation sites is 1. The lowest BCUT2D eigenvalue weighted by Gasteiger charge is -2.14. The van der Waals surface area contributed by atoms with E-state index in [0.29, 0.717) is 17.0 Å². The molecule has 0 bridgehead atoms. The fourth-order valence-electron chi connectivity index (χ4n) is 5.39. The van der Waals surface area contributed by atoms with E-state index in [1.54, 1.807) is 6.08 Å². The molecule has 0 atom stereocenters. The van der Waals surface area contributed by atoms with Gasteiger partial charge in [-0.1, -0.05) is 30.9 Å². The van der Waals surface area contributed by atoms with Crippen molar-refractivity contribution in [2.24, 2.45) is 4.99 Å². The number of nitriles is 2. The molecule has 5 heteroatoms. The molecule has 0 N–H and O–H groups in total. The zero-order chi connectivity index (χ0) is 25.5. The first kappa shape index (κ1) is 22.3. The van der Waals surface area contributed by atoms with Crippen LogP contribution in [0.15, 0.2) is 90.5 Å². The van der Waals surface area contributed by atoms with Gasteiger partial charge in [-0.05, 0) is 86.0 Å². The average molecular weight is 478 g/mol. The highest BCUT2D eigenvalue weighted by atomic mass is 15.2. The molecular formula is C32H23N5. The molecule has 3 aromatic carbocycles. The van der Waals surface area contributed by atoms with Gasteiger partial charge in [0.2, 0.25) is 0 Å². The Balaban J connectivity index is 1.62. The number of allylic oxidation sites excluding steroid dienone is 3. The molecule has 6 rings (SSSR count). The van der Waals surface area contributed by atoms with Crippen LogP contribution in [-0.2, 0) is 6.42 Å². The summed E-state index contributed by atoms with van der Waals surface area (Å²) in [5.41, 5.74) is 6.60. The first-order valence-corrected chi connectivity index (χ1v) is 12.2. The number of rotatable bonds is 3. The van der Waals surface area contributed by atoms with Gasteiger partial charge in [-0.2, -0.15) is 10.5 Å². The fraction of sp³-hybridized carbons (Fsp3) is 0.0938. The van der Waals surface area contributed by atoms with Gasteiger partial charge in [0.05, 0.1) is 45.5 Å². The molecule has 0 unspecified atom stereocenters. The smallest absolute Gasteiger partial charge is 0.139 e. The van der Waals surface area contributed by atoms with Crippen LogP contribution in [0.25, 0.3) is 44.6 Å². The van der Waals surface area contributed by atoms with Gasteiger partial charge in [0, 0.05) is 16.2 Å². The number of hydrogen-bond donors (Lipinski definition) is 0. The van der Waals surface area contributed by atoms with Gasteiger partial charge in [0.1, 0.15) is 11.7 Å². The highest BCUT2D eigenvalue weighted by molar-refractivity contribution is 6.17. The maximum Gasteiger partial charge on any atom is 0.139 e. The molecule has 2 heterocycles. The van der Waals surface area contributed by atoms with Crippen LogP contribution >= 0.6 is 0 Å². The van der Waals surface area contributed by atoms with Crippen molar-refractivity contribution in [3.8, 4) is 12.1 Å². The van der Waals surface area contributed by atoms with Crippen molar-refractivity contribution in [1.82, 2.24) is 9.13 Å². The summed E-state index contributed by atoms with van der Waals surface area (Å²) in [6.45, 7) is 6.10. The second kappa shape index (κ2) is 8.82. The van der Waals surface area contributed by atoms with Crippen molar-refractivity contribution in [1.29, 1.82) is 10.5 Å². The maximum atomic E-state index is 9.49. The van der Waals surface area contributed by atoms with E-state index in [1.165, 1.54) is 5.56 Å². The van der Waals surface area contributed by atoms with Gasteiger partial charge in [-0.3, -0.25) is 9.13 Å². The Morgan fingerprint density at radius 1 is 0.892 bits per heavy atom. The van der Waals surface area contributed by atoms with Gasteiger partial charge in [-0.15, -0.1) is 0 Å². The molecule has 2 aromatic heterocycles. The number of aromatic nitrogens is 2. The summed E-state index contributed by atoms with van der Waals surface area (Å²) < 4.78 is 4.27. The van der Waals surface area contributed by atoms with E-state index >= 15 is 0 Å². The fourth-order valence-corrected chi connectivity index (χ4v) is 5.39. The van der Waals surface area contributed by atoms with Crippen molar-refractivity contribution in [2.45, 2.75) is 19.8 Å². The molecule has 1 aliphatic carbocycles. The summed E-state index contributed by atoms with van der Waals surface area (Å²) in [5, 5.41) is 22.1. The molecule has 0 radical (unpaired) electrons. The standard InChI is InChI=1S/C32H23N5/c1-3-31(36-27-11-7-5-9-23(27)25-17-21(19-33)13-15-29(25)36)35-32(4-2)37-28-12-8-6-10-24(28)26-18-22(20-34)14-16-30(26)37/h3-5,7-9,11-18H,1,6,10H2,2H3/b32-4+,35-31+. The van der Waals surface area contributed by atoms with E-state index in [2.05, 4.69) is 52.1 Å². The first-order chi connectivity index (χ1) is 18.2. The Hall–Kier alpha value is -5.13. The van der Waals surface area contributed by atoms with Crippen LogP contribution in [-0.4, -0.2) is 15.0 Å². The molecule has 0 fully saturated rings.